The Morgan fingerprint density at radius 2 is 1.97 bits per heavy atom. The van der Waals surface area contributed by atoms with E-state index >= 15 is 0 Å². The minimum absolute atomic E-state index is 0.218. The maximum atomic E-state index is 13.2. The van der Waals surface area contributed by atoms with Crippen LogP contribution in [0.25, 0.3) is 11.0 Å². The van der Waals surface area contributed by atoms with Crippen molar-refractivity contribution in [1.29, 1.82) is 0 Å². The van der Waals surface area contributed by atoms with E-state index in [0.29, 0.717) is 22.6 Å². The van der Waals surface area contributed by atoms with Gasteiger partial charge in [0.2, 0.25) is 0 Å². The largest absolute Gasteiger partial charge is 0.497 e. The highest BCUT2D eigenvalue weighted by molar-refractivity contribution is 9.10. The van der Waals surface area contributed by atoms with Crippen LogP contribution in [-0.4, -0.2) is 33.7 Å². The molecule has 0 aliphatic carbocycles. The first kappa shape index (κ1) is 18.6. The number of hydrogen-bond acceptors (Lipinski definition) is 5. The van der Waals surface area contributed by atoms with Gasteiger partial charge in [0.15, 0.2) is 16.3 Å². The molecule has 0 radical (unpaired) electrons. The van der Waals surface area contributed by atoms with Crippen LogP contribution < -0.4 is 4.74 Å². The van der Waals surface area contributed by atoms with Crippen molar-refractivity contribution in [2.24, 2.45) is 5.10 Å². The zero-order chi connectivity index (χ0) is 20.7. The molecule has 1 amide bonds. The standard InChI is InChI=1S/C22H17BrN4O3/c1-29-14-8-6-13(7-9-14)18-12-17(21-24-15-4-2-3-5-16(15)25-21)26-27(18)22(28)19-10-11-20(23)30-19/h2-11,18H,12H2,1H3,(H,24,25). The van der Waals surface area contributed by atoms with Crippen LogP contribution >= 0.6 is 15.9 Å². The summed E-state index contributed by atoms with van der Waals surface area (Å²) in [6.07, 6.45) is 0.528. The van der Waals surface area contributed by atoms with E-state index in [2.05, 4.69) is 31.0 Å². The highest BCUT2D eigenvalue weighted by atomic mass is 79.9. The number of aromatic amines is 1. The van der Waals surface area contributed by atoms with Crippen LogP contribution in [0.2, 0.25) is 0 Å². The SMILES string of the molecule is COc1ccc(C2CC(c3nc4ccccc4[nH]3)=NN2C(=O)c2ccc(Br)o2)cc1. The number of fused-ring (bicyclic) bond motifs is 1. The quantitative estimate of drug-likeness (QED) is 0.464. The first-order valence-electron chi connectivity index (χ1n) is 9.38. The van der Waals surface area contributed by atoms with E-state index in [-0.39, 0.29) is 17.7 Å². The van der Waals surface area contributed by atoms with Gasteiger partial charge in [-0.25, -0.2) is 9.99 Å². The van der Waals surface area contributed by atoms with Gasteiger partial charge in [-0.2, -0.15) is 5.10 Å². The van der Waals surface area contributed by atoms with Gasteiger partial charge in [-0.1, -0.05) is 24.3 Å². The number of nitrogens with zero attached hydrogens (tertiary/aromatic N) is 3. The first-order chi connectivity index (χ1) is 14.6. The fraction of sp³-hybridized carbons (Fsp3) is 0.136. The summed E-state index contributed by atoms with van der Waals surface area (Å²) in [4.78, 5) is 21.1. The molecule has 0 bridgehead atoms. The summed E-state index contributed by atoms with van der Waals surface area (Å²) in [6.45, 7) is 0. The number of ether oxygens (including phenoxy) is 1. The Balaban J connectivity index is 1.54. The average Bonchev–Trinajstić information content (AvgIpc) is 3.50. The van der Waals surface area contributed by atoms with Gasteiger partial charge in [-0.3, -0.25) is 4.79 Å². The summed E-state index contributed by atoms with van der Waals surface area (Å²) < 4.78 is 11.2. The number of benzene rings is 2. The van der Waals surface area contributed by atoms with Crippen molar-refractivity contribution in [3.05, 3.63) is 82.5 Å². The van der Waals surface area contributed by atoms with E-state index in [1.807, 2.05) is 48.5 Å². The first-order valence-corrected chi connectivity index (χ1v) is 10.2. The van der Waals surface area contributed by atoms with Crippen molar-refractivity contribution in [3.63, 3.8) is 0 Å². The number of carbonyl (C=O) groups is 1. The number of H-pyrrole nitrogens is 1. The molecule has 0 saturated carbocycles. The van der Waals surface area contributed by atoms with E-state index in [9.17, 15) is 4.79 Å². The van der Waals surface area contributed by atoms with Crippen molar-refractivity contribution in [3.8, 4) is 5.75 Å². The Kier molecular flexibility index (Phi) is 4.63. The normalized spacial score (nSPS) is 16.1. The van der Waals surface area contributed by atoms with Gasteiger partial charge in [-0.05, 0) is 57.9 Å². The summed E-state index contributed by atoms with van der Waals surface area (Å²) in [5.74, 6) is 1.32. The maximum Gasteiger partial charge on any atom is 0.310 e. The lowest BCUT2D eigenvalue weighted by Crippen LogP contribution is -2.26. The lowest BCUT2D eigenvalue weighted by molar-refractivity contribution is 0.0677. The van der Waals surface area contributed by atoms with Crippen LogP contribution in [0.5, 0.6) is 5.75 Å². The minimum Gasteiger partial charge on any atom is -0.497 e. The van der Waals surface area contributed by atoms with Gasteiger partial charge in [0.25, 0.3) is 0 Å². The molecule has 1 aliphatic heterocycles. The molecule has 1 unspecified atom stereocenters. The van der Waals surface area contributed by atoms with E-state index in [0.717, 1.165) is 22.3 Å². The van der Waals surface area contributed by atoms with Gasteiger partial charge in [0.05, 0.1) is 24.2 Å². The van der Waals surface area contributed by atoms with Crippen molar-refractivity contribution in [2.45, 2.75) is 12.5 Å². The molecule has 1 atom stereocenters. The number of halogens is 1. The molecule has 0 fully saturated rings. The molecule has 7 nitrogen and oxygen atoms in total. The second kappa shape index (κ2) is 7.46. The predicted molar refractivity (Wildman–Crippen MR) is 116 cm³/mol. The topological polar surface area (TPSA) is 83.7 Å². The second-order valence-electron chi connectivity index (χ2n) is 6.90. The molecule has 4 aromatic rings. The third-order valence-electron chi connectivity index (χ3n) is 5.07. The Morgan fingerprint density at radius 3 is 2.67 bits per heavy atom. The molecule has 2 aromatic heterocycles. The molecule has 1 N–H and O–H groups in total. The molecular weight excluding hydrogens is 448 g/mol. The average molecular weight is 465 g/mol. The Labute approximate surface area is 180 Å². The third kappa shape index (κ3) is 3.29. The Bertz CT molecular complexity index is 1230. The van der Waals surface area contributed by atoms with Gasteiger partial charge in [-0.15, -0.1) is 0 Å². The Hall–Kier alpha value is -3.39. The molecule has 8 heteroatoms. The van der Waals surface area contributed by atoms with E-state index in [1.165, 1.54) is 5.01 Å². The monoisotopic (exact) mass is 464 g/mol. The summed E-state index contributed by atoms with van der Waals surface area (Å²) in [5.41, 5.74) is 3.45. The van der Waals surface area contributed by atoms with E-state index < -0.39 is 0 Å². The van der Waals surface area contributed by atoms with Gasteiger partial charge >= 0.3 is 5.91 Å². The van der Waals surface area contributed by atoms with Crippen LogP contribution in [0.3, 0.4) is 0 Å². The minimum atomic E-state index is -0.312. The highest BCUT2D eigenvalue weighted by Crippen LogP contribution is 2.35. The maximum absolute atomic E-state index is 13.2. The van der Waals surface area contributed by atoms with Crippen LogP contribution in [0.4, 0.5) is 0 Å². The third-order valence-corrected chi connectivity index (χ3v) is 5.49. The number of hydrazone groups is 1. The van der Waals surface area contributed by atoms with Gasteiger partial charge in [0.1, 0.15) is 11.5 Å². The molecule has 2 aromatic carbocycles. The summed E-state index contributed by atoms with van der Waals surface area (Å²) in [5, 5.41) is 6.11. The number of furan rings is 1. The summed E-state index contributed by atoms with van der Waals surface area (Å²) in [7, 11) is 1.62. The number of methoxy groups -OCH3 is 1. The van der Waals surface area contributed by atoms with Crippen LogP contribution in [-0.2, 0) is 0 Å². The van der Waals surface area contributed by atoms with Crippen LogP contribution in [0, 0.1) is 0 Å². The van der Waals surface area contributed by atoms with E-state index in [1.54, 1.807) is 19.2 Å². The van der Waals surface area contributed by atoms with Crippen molar-refractivity contribution in [2.75, 3.05) is 7.11 Å². The Morgan fingerprint density at radius 1 is 1.17 bits per heavy atom. The smallest absolute Gasteiger partial charge is 0.310 e. The van der Waals surface area contributed by atoms with Gasteiger partial charge < -0.3 is 14.1 Å². The number of hydrogen-bond donors (Lipinski definition) is 1. The number of amides is 1. The molecule has 0 saturated heterocycles. The van der Waals surface area contributed by atoms with Crippen molar-refractivity contribution >= 4 is 38.6 Å². The van der Waals surface area contributed by atoms with Crippen molar-refractivity contribution < 1.29 is 13.9 Å². The molecular formula is C22H17BrN4O3. The zero-order valence-electron chi connectivity index (χ0n) is 16.0. The molecule has 3 heterocycles. The summed E-state index contributed by atoms with van der Waals surface area (Å²) >= 11 is 3.25. The highest BCUT2D eigenvalue weighted by Gasteiger charge is 2.36. The fourth-order valence-electron chi connectivity index (χ4n) is 3.56. The second-order valence-corrected chi connectivity index (χ2v) is 7.68. The number of para-hydroxylation sites is 2. The lowest BCUT2D eigenvalue weighted by atomic mass is 10.0. The van der Waals surface area contributed by atoms with Crippen molar-refractivity contribution in [1.82, 2.24) is 15.0 Å². The predicted octanol–water partition coefficient (Wildman–Crippen LogP) is 4.92. The van der Waals surface area contributed by atoms with Gasteiger partial charge in [0, 0.05) is 6.42 Å². The number of nitrogens with one attached hydrogen (secondary N) is 1. The van der Waals surface area contributed by atoms with E-state index in [4.69, 9.17) is 9.15 Å². The number of aromatic nitrogens is 2. The molecule has 150 valence electrons. The molecule has 30 heavy (non-hydrogen) atoms. The number of imidazole rings is 1. The summed E-state index contributed by atoms with van der Waals surface area (Å²) in [6, 6.07) is 18.5. The molecule has 1 aliphatic rings. The molecule has 0 spiro atoms. The zero-order valence-corrected chi connectivity index (χ0v) is 17.6. The number of rotatable bonds is 4. The van der Waals surface area contributed by atoms with Crippen LogP contribution in [0.1, 0.15) is 34.4 Å². The number of carbonyl (C=O) groups excluding carboxylic acids is 1. The lowest BCUT2D eigenvalue weighted by Gasteiger charge is -2.21. The van der Waals surface area contributed by atoms with Crippen LogP contribution in [0.15, 0.2) is 74.9 Å². The fourth-order valence-corrected chi connectivity index (χ4v) is 3.86. The molecule has 5 rings (SSSR count).